The molecular formula is C102H64N8. The van der Waals surface area contributed by atoms with Crippen LogP contribution in [0.25, 0.3) is 211 Å². The van der Waals surface area contributed by atoms with E-state index in [1.807, 2.05) is 0 Å². The highest BCUT2D eigenvalue weighted by atomic mass is 15.1. The van der Waals surface area contributed by atoms with Gasteiger partial charge in [-0.1, -0.05) is 267 Å². The topological polar surface area (TPSA) is 71.3 Å². The zero-order valence-corrected chi connectivity index (χ0v) is 59.5. The third-order valence-corrected chi connectivity index (χ3v) is 22.2. The van der Waals surface area contributed by atoms with Crippen LogP contribution in [0.15, 0.2) is 388 Å². The van der Waals surface area contributed by atoms with Crippen LogP contribution in [0.3, 0.4) is 0 Å². The van der Waals surface area contributed by atoms with Crippen LogP contribution in [0, 0.1) is 0 Å². The highest BCUT2D eigenvalue weighted by molar-refractivity contribution is 6.40. The average Bonchev–Trinajstić information content (AvgIpc) is 0.882. The minimum Gasteiger partial charge on any atom is -0.292 e. The first kappa shape index (κ1) is 62.5. The fourth-order valence-electron chi connectivity index (χ4n) is 17.0. The Balaban J connectivity index is 0.759. The Hall–Kier alpha value is -14.9. The van der Waals surface area contributed by atoms with Crippen LogP contribution in [0.4, 0.5) is 0 Å². The molecule has 4 heterocycles. The molecular weight excluding hydrogens is 1340 g/mol. The number of benzene rings is 18. The Morgan fingerprint density at radius 2 is 0.327 bits per heavy atom. The van der Waals surface area contributed by atoms with Crippen molar-refractivity contribution in [1.82, 2.24) is 38.2 Å². The van der Waals surface area contributed by atoms with Crippen molar-refractivity contribution in [1.29, 1.82) is 0 Å². The molecule has 0 atom stereocenters. The number of para-hydroxylation sites is 12. The van der Waals surface area contributed by atoms with E-state index in [-0.39, 0.29) is 0 Å². The minimum absolute atomic E-state index is 0.897. The van der Waals surface area contributed by atoms with E-state index in [1.54, 1.807) is 0 Å². The lowest BCUT2D eigenvalue weighted by atomic mass is 9.84. The standard InChI is InChI=1S/C102H64N8/c1-5-21-77(22-6-1)107-93-33-17-13-29-89(93)103-99(107)69-45-37-65(38-46-69)73-53-57-81-82-58-54-75(67-41-49-71(50-42-67)101-105-91-31-15-19-35-95(91)109(101)79-25-9-3-10-26-79)63-87(82)98-88-64-76(68-43-51-72(52-44-68)102-106-92-32-16-20-36-96(92)110(102)80-27-11-4-12-28-80)56-60-84(88)83-59-55-74(62-86(83)97(98)85(81)61-73)66-39-47-70(48-40-66)100-104-90-30-14-18-34-94(90)108(100)78-23-7-2-8-24-78/h1-64H. The smallest absolute Gasteiger partial charge is 0.145 e. The van der Waals surface area contributed by atoms with Gasteiger partial charge in [-0.15, -0.1) is 0 Å². The third-order valence-electron chi connectivity index (χ3n) is 22.2. The van der Waals surface area contributed by atoms with E-state index in [0.717, 1.165) is 157 Å². The first-order valence-electron chi connectivity index (χ1n) is 37.4. The molecule has 4 aromatic heterocycles. The summed E-state index contributed by atoms with van der Waals surface area (Å²) in [7, 11) is 0. The van der Waals surface area contributed by atoms with Gasteiger partial charge in [-0.2, -0.15) is 0 Å². The summed E-state index contributed by atoms with van der Waals surface area (Å²) in [5, 5.41) is 11.8. The van der Waals surface area contributed by atoms with E-state index in [4.69, 9.17) is 19.9 Å². The van der Waals surface area contributed by atoms with E-state index in [1.165, 1.54) is 53.9 Å². The molecule has 0 saturated heterocycles. The Kier molecular flexibility index (Phi) is 14.5. The summed E-state index contributed by atoms with van der Waals surface area (Å²) < 4.78 is 9.09. The molecule has 18 aromatic carbocycles. The van der Waals surface area contributed by atoms with E-state index < -0.39 is 0 Å². The quantitative estimate of drug-likeness (QED) is 0.114. The van der Waals surface area contributed by atoms with Crippen LogP contribution in [-0.2, 0) is 0 Å². The van der Waals surface area contributed by atoms with Gasteiger partial charge < -0.3 is 0 Å². The highest BCUT2D eigenvalue weighted by Crippen LogP contribution is 2.49. The number of hydrogen-bond acceptors (Lipinski definition) is 4. The predicted molar refractivity (Wildman–Crippen MR) is 456 cm³/mol. The van der Waals surface area contributed by atoms with E-state index in [2.05, 4.69) is 407 Å². The van der Waals surface area contributed by atoms with Gasteiger partial charge in [-0.3, -0.25) is 18.3 Å². The van der Waals surface area contributed by atoms with Crippen molar-refractivity contribution in [3.63, 3.8) is 0 Å². The van der Waals surface area contributed by atoms with Gasteiger partial charge >= 0.3 is 0 Å². The monoisotopic (exact) mass is 1400 g/mol. The fraction of sp³-hybridized carbons (Fsp3) is 0. The summed E-state index contributed by atoms with van der Waals surface area (Å²) in [5.74, 6) is 3.59. The number of rotatable bonds is 12. The maximum atomic E-state index is 5.27. The molecule has 0 N–H and O–H groups in total. The minimum atomic E-state index is 0.897. The molecule has 512 valence electrons. The molecule has 0 aliphatic heterocycles. The summed E-state index contributed by atoms with van der Waals surface area (Å²) in [6.45, 7) is 0. The molecule has 0 aliphatic carbocycles. The highest BCUT2D eigenvalue weighted by Gasteiger charge is 2.24. The summed E-state index contributed by atoms with van der Waals surface area (Å²) in [5.41, 5.74) is 25.4. The van der Waals surface area contributed by atoms with Crippen molar-refractivity contribution in [2.75, 3.05) is 0 Å². The lowest BCUT2D eigenvalue weighted by Gasteiger charge is -2.19. The van der Waals surface area contributed by atoms with Gasteiger partial charge in [-0.25, -0.2) is 19.9 Å². The van der Waals surface area contributed by atoms with Crippen molar-refractivity contribution >= 4 is 98.0 Å². The van der Waals surface area contributed by atoms with Crippen LogP contribution in [0.2, 0.25) is 0 Å². The van der Waals surface area contributed by atoms with Gasteiger partial charge in [0.05, 0.1) is 44.1 Å². The molecule has 0 bridgehead atoms. The normalized spacial score (nSPS) is 11.8. The molecule has 22 rings (SSSR count). The zero-order valence-electron chi connectivity index (χ0n) is 59.5. The molecule has 0 radical (unpaired) electrons. The number of hydrogen-bond donors (Lipinski definition) is 0. The van der Waals surface area contributed by atoms with Gasteiger partial charge in [0.25, 0.3) is 0 Å². The van der Waals surface area contributed by atoms with Crippen molar-refractivity contribution in [3.8, 4) is 113 Å². The molecule has 0 unspecified atom stereocenters. The SMILES string of the molecule is c1ccc(-n2c(-c3ccc(-c4ccc5c6ccc(-c7ccc(-c8nc9ccccc9n8-c8ccccc8)cc7)cc6c6c7cc(-c8ccc(-c9nc%10ccccc%10n9-c9ccccc9)cc8)ccc7c7ccc(-c8ccc(-c9nc%10ccccc%10n9-c9ccccc9)cc8)cc7c6c5c4)cc3)nc3ccccc32)cc1. The van der Waals surface area contributed by atoms with Crippen molar-refractivity contribution in [3.05, 3.63) is 388 Å². The van der Waals surface area contributed by atoms with Crippen LogP contribution >= 0.6 is 0 Å². The Bertz CT molecular complexity index is 6500. The second-order valence-electron chi connectivity index (χ2n) is 28.5. The molecule has 110 heavy (non-hydrogen) atoms. The summed E-state index contributed by atoms with van der Waals surface area (Å²) >= 11 is 0. The summed E-state index contributed by atoms with van der Waals surface area (Å²) in [4.78, 5) is 21.1. The fourth-order valence-corrected chi connectivity index (χ4v) is 17.0. The van der Waals surface area contributed by atoms with Crippen LogP contribution in [0.1, 0.15) is 0 Å². The molecule has 0 saturated carbocycles. The molecule has 0 aliphatic rings. The molecule has 0 fully saturated rings. The second kappa shape index (κ2) is 25.4. The second-order valence-corrected chi connectivity index (χ2v) is 28.5. The Morgan fingerprint density at radius 1 is 0.145 bits per heavy atom. The van der Waals surface area contributed by atoms with Gasteiger partial charge in [0, 0.05) is 45.0 Å². The number of nitrogens with zero attached hydrogens (tertiary/aromatic N) is 8. The third kappa shape index (κ3) is 10.3. The first-order chi connectivity index (χ1) is 54.5. The first-order valence-corrected chi connectivity index (χ1v) is 37.4. The van der Waals surface area contributed by atoms with Gasteiger partial charge in [0.1, 0.15) is 23.3 Å². The summed E-state index contributed by atoms with van der Waals surface area (Å²) in [6.07, 6.45) is 0. The maximum Gasteiger partial charge on any atom is 0.145 e. The van der Waals surface area contributed by atoms with Crippen LogP contribution in [0.5, 0.6) is 0 Å². The number of aromatic nitrogens is 8. The molecule has 8 nitrogen and oxygen atoms in total. The van der Waals surface area contributed by atoms with E-state index in [9.17, 15) is 0 Å². The number of imidazole rings is 4. The summed E-state index contributed by atoms with van der Waals surface area (Å²) in [6, 6.07) is 140. The Morgan fingerprint density at radius 3 is 0.545 bits per heavy atom. The predicted octanol–water partition coefficient (Wildman–Crippen LogP) is 26.1. The lowest BCUT2D eigenvalue weighted by molar-refractivity contribution is 1.10. The van der Waals surface area contributed by atoms with E-state index >= 15 is 0 Å². The number of fused-ring (bicyclic) bond motifs is 15. The Labute approximate surface area is 633 Å². The van der Waals surface area contributed by atoms with Crippen molar-refractivity contribution < 1.29 is 0 Å². The van der Waals surface area contributed by atoms with Gasteiger partial charge in [0.2, 0.25) is 0 Å². The molecule has 0 amide bonds. The van der Waals surface area contributed by atoms with Gasteiger partial charge in [-0.05, 0) is 220 Å². The average molecular weight is 1400 g/mol. The molecule has 8 heteroatoms. The van der Waals surface area contributed by atoms with Crippen molar-refractivity contribution in [2.24, 2.45) is 0 Å². The lowest BCUT2D eigenvalue weighted by Crippen LogP contribution is -1.97. The van der Waals surface area contributed by atoms with E-state index in [0.29, 0.717) is 0 Å². The molecule has 0 spiro atoms. The zero-order chi connectivity index (χ0) is 72.3. The molecule has 22 aromatic rings. The van der Waals surface area contributed by atoms with Crippen LogP contribution < -0.4 is 0 Å². The van der Waals surface area contributed by atoms with Crippen molar-refractivity contribution in [2.45, 2.75) is 0 Å². The van der Waals surface area contributed by atoms with Crippen LogP contribution in [-0.4, -0.2) is 38.2 Å². The maximum absolute atomic E-state index is 5.27. The largest absolute Gasteiger partial charge is 0.292 e. The van der Waals surface area contributed by atoms with Gasteiger partial charge in [0.15, 0.2) is 0 Å².